The van der Waals surface area contributed by atoms with Crippen molar-refractivity contribution in [1.29, 1.82) is 0 Å². The molecule has 2 heterocycles. The molecule has 0 fully saturated rings. The predicted octanol–water partition coefficient (Wildman–Crippen LogP) is 2.20. The molecule has 0 aliphatic carbocycles. The second kappa shape index (κ2) is 5.72. The predicted molar refractivity (Wildman–Crippen MR) is 78.5 cm³/mol. The van der Waals surface area contributed by atoms with Crippen LogP contribution in [0.15, 0.2) is 63.2 Å². The summed E-state index contributed by atoms with van der Waals surface area (Å²) in [5.74, 6) is -0.415. The van der Waals surface area contributed by atoms with Crippen LogP contribution in [0.3, 0.4) is 0 Å². The number of nitrogens with zero attached hydrogens (tertiary/aromatic N) is 1. The number of allylic oxidation sites excluding steroid dienone is 1. The molecule has 0 saturated heterocycles. The minimum absolute atomic E-state index is 0.0611. The molecule has 3 rings (SSSR count). The van der Waals surface area contributed by atoms with E-state index in [0.717, 1.165) is 4.88 Å². The molecule has 104 valence electrons. The van der Waals surface area contributed by atoms with Gasteiger partial charge in [0.2, 0.25) is 5.69 Å². The molecular formula is C15H11N2O3S+. The second-order valence-corrected chi connectivity index (χ2v) is 5.19. The lowest BCUT2D eigenvalue weighted by Gasteiger charge is -1.90. The van der Waals surface area contributed by atoms with Gasteiger partial charge in [-0.1, -0.05) is 24.3 Å². The molecule has 0 amide bonds. The number of hydrogen-bond donors (Lipinski definition) is 1. The molecule has 1 N–H and O–H groups in total. The summed E-state index contributed by atoms with van der Waals surface area (Å²) in [6, 6.07) is 12.8. The highest BCUT2D eigenvalue weighted by molar-refractivity contribution is 7.10. The highest BCUT2D eigenvalue weighted by Gasteiger charge is 2.28. The monoisotopic (exact) mass is 299 g/mol. The van der Waals surface area contributed by atoms with Crippen LogP contribution in [0.1, 0.15) is 15.4 Å². The summed E-state index contributed by atoms with van der Waals surface area (Å²) in [7, 11) is 0. The van der Waals surface area contributed by atoms with Crippen molar-refractivity contribution in [2.75, 3.05) is 0 Å². The van der Waals surface area contributed by atoms with Crippen LogP contribution in [0.25, 0.3) is 11.8 Å². The fraction of sp³-hybridized carbons (Fsp3) is 0. The number of aromatic amines is 1. The maximum absolute atomic E-state index is 12.2. The van der Waals surface area contributed by atoms with E-state index in [1.807, 2.05) is 35.7 Å². The maximum atomic E-state index is 12.2. The minimum Gasteiger partial charge on any atom is -0.282 e. The molecule has 6 heteroatoms. The summed E-state index contributed by atoms with van der Waals surface area (Å²) in [6.07, 6.45) is 3.04. The summed E-state index contributed by atoms with van der Waals surface area (Å²) in [5.41, 5.74) is -0.107. The molecule has 0 aliphatic heterocycles. The molecule has 3 aromatic rings. The Hall–Kier alpha value is -2.73. The SMILES string of the molecule is O=C(/C=C/c1cccs1)c1c(=O)o[nH][n+]1-c1ccccc1. The van der Waals surface area contributed by atoms with Crippen molar-refractivity contribution in [3.8, 4) is 5.69 Å². The van der Waals surface area contributed by atoms with E-state index in [0.29, 0.717) is 5.69 Å². The molecule has 0 saturated carbocycles. The number of nitrogens with one attached hydrogen (secondary N) is 1. The number of ketones is 1. The molecule has 21 heavy (non-hydrogen) atoms. The number of carbonyl (C=O) groups excluding carboxylic acids is 1. The maximum Gasteiger partial charge on any atom is 0.439 e. The Kier molecular flexibility index (Phi) is 3.61. The summed E-state index contributed by atoms with van der Waals surface area (Å²) in [4.78, 5) is 24.9. The van der Waals surface area contributed by atoms with E-state index in [1.165, 1.54) is 22.1 Å². The number of benzene rings is 1. The van der Waals surface area contributed by atoms with Gasteiger partial charge in [-0.15, -0.1) is 11.3 Å². The Morgan fingerprint density at radius 3 is 2.71 bits per heavy atom. The zero-order valence-corrected chi connectivity index (χ0v) is 11.7. The molecule has 0 aliphatic rings. The van der Waals surface area contributed by atoms with Gasteiger partial charge in [-0.3, -0.25) is 9.32 Å². The number of hydrogen-bond acceptors (Lipinski definition) is 4. The third-order valence-electron chi connectivity index (χ3n) is 2.84. The number of para-hydroxylation sites is 1. The average molecular weight is 299 g/mol. The van der Waals surface area contributed by atoms with Crippen molar-refractivity contribution in [1.82, 2.24) is 5.27 Å². The van der Waals surface area contributed by atoms with Crippen LogP contribution in [0.4, 0.5) is 0 Å². The van der Waals surface area contributed by atoms with Crippen molar-refractivity contribution in [3.05, 3.63) is 74.9 Å². The van der Waals surface area contributed by atoms with Crippen molar-refractivity contribution in [2.45, 2.75) is 0 Å². The van der Waals surface area contributed by atoms with Crippen molar-refractivity contribution < 1.29 is 14.0 Å². The normalized spacial score (nSPS) is 11.0. The van der Waals surface area contributed by atoms with Crippen LogP contribution in [0.2, 0.25) is 0 Å². The van der Waals surface area contributed by atoms with Crippen LogP contribution in [0, 0.1) is 0 Å². The van der Waals surface area contributed by atoms with E-state index in [-0.39, 0.29) is 5.69 Å². The number of aromatic nitrogens is 2. The molecule has 5 nitrogen and oxygen atoms in total. The third kappa shape index (κ3) is 2.75. The largest absolute Gasteiger partial charge is 0.439 e. The first-order valence-corrected chi connectivity index (χ1v) is 7.08. The number of carbonyl (C=O) groups is 1. The standard InChI is InChI=1S/C15H10N2O3S/c18-13(9-8-12-7-4-10-21-12)14-15(19)20-16-17(14)11-5-2-1-3-6-11/h1-10H/p+1/b9-8+. The zero-order valence-electron chi connectivity index (χ0n) is 10.9. The summed E-state index contributed by atoms with van der Waals surface area (Å²) < 4.78 is 6.08. The molecule has 0 bridgehead atoms. The first-order chi connectivity index (χ1) is 10.3. The van der Waals surface area contributed by atoms with E-state index in [9.17, 15) is 9.59 Å². The molecule has 0 radical (unpaired) electrons. The Morgan fingerprint density at radius 1 is 1.19 bits per heavy atom. The van der Waals surface area contributed by atoms with Crippen LogP contribution in [-0.4, -0.2) is 11.1 Å². The Labute approximate surface area is 123 Å². The lowest BCUT2D eigenvalue weighted by atomic mass is 10.2. The molecular weight excluding hydrogens is 288 g/mol. The van der Waals surface area contributed by atoms with E-state index >= 15 is 0 Å². The lowest BCUT2D eigenvalue weighted by molar-refractivity contribution is -0.672. The number of H-pyrrole nitrogens is 1. The average Bonchev–Trinajstić information content (AvgIpc) is 3.15. The van der Waals surface area contributed by atoms with Gasteiger partial charge in [-0.05, 0) is 33.6 Å². The van der Waals surface area contributed by atoms with Gasteiger partial charge in [0.1, 0.15) is 0 Å². The first kappa shape index (κ1) is 13.3. The van der Waals surface area contributed by atoms with E-state index < -0.39 is 11.4 Å². The second-order valence-electron chi connectivity index (χ2n) is 4.21. The molecule has 1 aromatic carbocycles. The van der Waals surface area contributed by atoms with Gasteiger partial charge >= 0.3 is 11.3 Å². The molecule has 0 unspecified atom stereocenters. The van der Waals surface area contributed by atoms with Crippen molar-refractivity contribution in [3.63, 3.8) is 0 Å². The van der Waals surface area contributed by atoms with Gasteiger partial charge in [0, 0.05) is 17.0 Å². The van der Waals surface area contributed by atoms with Gasteiger partial charge in [0.25, 0.3) is 5.78 Å². The van der Waals surface area contributed by atoms with Gasteiger partial charge in [0.15, 0.2) is 0 Å². The van der Waals surface area contributed by atoms with Crippen LogP contribution >= 0.6 is 11.3 Å². The Balaban J connectivity index is 1.97. The Bertz CT molecular complexity index is 829. The highest BCUT2D eigenvalue weighted by atomic mass is 32.1. The third-order valence-corrected chi connectivity index (χ3v) is 3.67. The lowest BCUT2D eigenvalue weighted by Crippen LogP contribution is -2.40. The smallest absolute Gasteiger partial charge is 0.282 e. The fourth-order valence-electron chi connectivity index (χ4n) is 1.86. The summed E-state index contributed by atoms with van der Waals surface area (Å²) in [6.45, 7) is 0. The minimum atomic E-state index is -0.695. The van der Waals surface area contributed by atoms with E-state index in [2.05, 4.69) is 5.27 Å². The molecule has 0 spiro atoms. The van der Waals surface area contributed by atoms with Gasteiger partial charge in [-0.2, -0.15) is 0 Å². The highest BCUT2D eigenvalue weighted by Crippen LogP contribution is 2.10. The van der Waals surface area contributed by atoms with Crippen LogP contribution < -0.4 is 10.3 Å². The quantitative estimate of drug-likeness (QED) is 0.456. The van der Waals surface area contributed by atoms with Gasteiger partial charge in [0.05, 0.1) is 0 Å². The summed E-state index contributed by atoms with van der Waals surface area (Å²) in [5, 5.41) is 4.36. The number of thiophene rings is 1. The van der Waals surface area contributed by atoms with Crippen molar-refractivity contribution in [2.24, 2.45) is 0 Å². The van der Waals surface area contributed by atoms with E-state index in [1.54, 1.807) is 18.2 Å². The van der Waals surface area contributed by atoms with Crippen LogP contribution in [0.5, 0.6) is 0 Å². The van der Waals surface area contributed by atoms with Gasteiger partial charge < -0.3 is 0 Å². The first-order valence-electron chi connectivity index (χ1n) is 6.20. The van der Waals surface area contributed by atoms with Gasteiger partial charge in [-0.25, -0.2) is 4.79 Å². The van der Waals surface area contributed by atoms with Crippen LogP contribution in [-0.2, 0) is 0 Å². The topological polar surface area (TPSA) is 67.0 Å². The van der Waals surface area contributed by atoms with Crippen molar-refractivity contribution >= 4 is 23.2 Å². The zero-order chi connectivity index (χ0) is 14.7. The number of rotatable bonds is 4. The molecule has 2 aromatic heterocycles. The fourth-order valence-corrected chi connectivity index (χ4v) is 2.48. The molecule has 0 atom stereocenters. The van der Waals surface area contributed by atoms with E-state index in [4.69, 9.17) is 4.52 Å². The summed E-state index contributed by atoms with van der Waals surface area (Å²) >= 11 is 1.51. The Morgan fingerprint density at radius 2 is 2.00 bits per heavy atom.